The van der Waals surface area contributed by atoms with Gasteiger partial charge >= 0.3 is 5.97 Å². The van der Waals surface area contributed by atoms with E-state index in [1.54, 1.807) is 0 Å². The Hall–Kier alpha value is -1.10. The van der Waals surface area contributed by atoms with E-state index in [0.717, 1.165) is 38.6 Å². The Kier molecular flexibility index (Phi) is 4.68. The van der Waals surface area contributed by atoms with Crippen molar-refractivity contribution in [3.63, 3.8) is 0 Å². The standard InChI is InChI=1S/C15H26N2O3/c1-2-5-14(8-9-16-10-14)12(18)17-11-15(13(19)20)6-3-4-7-15/h16H,2-11H2,1H3,(H,17,18)(H,19,20). The van der Waals surface area contributed by atoms with Gasteiger partial charge in [-0.25, -0.2) is 0 Å². The summed E-state index contributed by atoms with van der Waals surface area (Å²) >= 11 is 0. The maximum absolute atomic E-state index is 12.5. The normalized spacial score (nSPS) is 28.4. The molecule has 2 aliphatic rings. The van der Waals surface area contributed by atoms with Crippen LogP contribution in [-0.4, -0.2) is 36.6 Å². The Balaban J connectivity index is 1.98. The summed E-state index contributed by atoms with van der Waals surface area (Å²) < 4.78 is 0. The smallest absolute Gasteiger partial charge is 0.311 e. The molecule has 0 aromatic rings. The van der Waals surface area contributed by atoms with Gasteiger partial charge in [0.15, 0.2) is 0 Å². The molecule has 2 rings (SSSR count). The molecule has 0 aromatic heterocycles. The molecule has 3 N–H and O–H groups in total. The van der Waals surface area contributed by atoms with Gasteiger partial charge in [-0.3, -0.25) is 9.59 Å². The Labute approximate surface area is 120 Å². The van der Waals surface area contributed by atoms with Gasteiger partial charge < -0.3 is 15.7 Å². The molecule has 1 saturated carbocycles. The number of carboxylic acid groups (broad SMARTS) is 1. The summed E-state index contributed by atoms with van der Waals surface area (Å²) in [7, 11) is 0. The Morgan fingerprint density at radius 3 is 2.40 bits per heavy atom. The van der Waals surface area contributed by atoms with Crippen LogP contribution in [0.1, 0.15) is 51.9 Å². The molecule has 1 aliphatic heterocycles. The van der Waals surface area contributed by atoms with Crippen molar-refractivity contribution in [2.24, 2.45) is 10.8 Å². The molecule has 1 saturated heterocycles. The second-order valence-corrected chi connectivity index (χ2v) is 6.43. The number of carbonyl (C=O) groups excluding carboxylic acids is 1. The largest absolute Gasteiger partial charge is 0.481 e. The van der Waals surface area contributed by atoms with Crippen LogP contribution in [0.4, 0.5) is 0 Å². The van der Waals surface area contributed by atoms with Gasteiger partial charge in [0.1, 0.15) is 0 Å². The first kappa shape index (κ1) is 15.3. The summed E-state index contributed by atoms with van der Waals surface area (Å²) in [5.41, 5.74) is -1.05. The van der Waals surface area contributed by atoms with Crippen molar-refractivity contribution < 1.29 is 14.7 Å². The van der Waals surface area contributed by atoms with Gasteiger partial charge in [0.05, 0.1) is 10.8 Å². The average Bonchev–Trinajstić information content (AvgIpc) is 3.06. The minimum absolute atomic E-state index is 0.0388. The van der Waals surface area contributed by atoms with E-state index in [-0.39, 0.29) is 17.9 Å². The fourth-order valence-electron chi connectivity index (χ4n) is 3.70. The Morgan fingerprint density at radius 2 is 1.90 bits per heavy atom. The summed E-state index contributed by atoms with van der Waals surface area (Å²) in [6.45, 7) is 3.96. The molecule has 2 fully saturated rings. The number of carbonyl (C=O) groups is 2. The molecule has 20 heavy (non-hydrogen) atoms. The van der Waals surface area contributed by atoms with Crippen molar-refractivity contribution in [1.82, 2.24) is 10.6 Å². The molecule has 1 aliphatic carbocycles. The highest BCUT2D eigenvalue weighted by Crippen LogP contribution is 2.38. The summed E-state index contributed by atoms with van der Waals surface area (Å²) in [5.74, 6) is -0.721. The molecule has 5 nitrogen and oxygen atoms in total. The number of nitrogens with one attached hydrogen (secondary N) is 2. The minimum atomic E-state index is -0.760. The first-order chi connectivity index (χ1) is 9.55. The third-order valence-electron chi connectivity index (χ3n) is 5.06. The third kappa shape index (κ3) is 2.82. The highest BCUT2D eigenvalue weighted by atomic mass is 16.4. The van der Waals surface area contributed by atoms with Crippen LogP contribution in [0, 0.1) is 10.8 Å². The monoisotopic (exact) mass is 282 g/mol. The summed E-state index contributed by atoms with van der Waals surface area (Å²) in [5, 5.41) is 15.7. The van der Waals surface area contributed by atoms with Crippen molar-refractivity contribution in [1.29, 1.82) is 0 Å². The van der Waals surface area contributed by atoms with Crippen molar-refractivity contribution in [3.05, 3.63) is 0 Å². The molecule has 0 radical (unpaired) electrons. The van der Waals surface area contributed by atoms with E-state index in [2.05, 4.69) is 17.6 Å². The fraction of sp³-hybridized carbons (Fsp3) is 0.867. The van der Waals surface area contributed by atoms with Crippen LogP contribution >= 0.6 is 0 Å². The van der Waals surface area contributed by atoms with Gasteiger partial charge in [-0.1, -0.05) is 26.2 Å². The predicted molar refractivity (Wildman–Crippen MR) is 76.4 cm³/mol. The predicted octanol–water partition coefficient (Wildman–Crippen LogP) is 1.53. The molecular formula is C15H26N2O3. The zero-order valence-electron chi connectivity index (χ0n) is 12.3. The molecule has 114 valence electrons. The Bertz CT molecular complexity index is 369. The van der Waals surface area contributed by atoms with Gasteiger partial charge in [0.2, 0.25) is 5.91 Å². The van der Waals surface area contributed by atoms with Crippen molar-refractivity contribution in [3.8, 4) is 0 Å². The molecule has 1 amide bonds. The molecule has 1 heterocycles. The van der Waals surface area contributed by atoms with Gasteiger partial charge in [-0.2, -0.15) is 0 Å². The quantitative estimate of drug-likeness (QED) is 0.690. The van der Waals surface area contributed by atoms with Crippen LogP contribution < -0.4 is 10.6 Å². The zero-order chi connectivity index (χ0) is 14.6. The number of carboxylic acids is 1. The lowest BCUT2D eigenvalue weighted by Gasteiger charge is -2.30. The number of rotatable bonds is 6. The first-order valence-electron chi connectivity index (χ1n) is 7.77. The summed E-state index contributed by atoms with van der Waals surface area (Å²) in [4.78, 5) is 24.0. The lowest BCUT2D eigenvalue weighted by Crippen LogP contribution is -2.48. The van der Waals surface area contributed by atoms with Crippen molar-refractivity contribution in [2.45, 2.75) is 51.9 Å². The second-order valence-electron chi connectivity index (χ2n) is 6.43. The molecule has 0 aromatic carbocycles. The van der Waals surface area contributed by atoms with Crippen LogP contribution in [0.25, 0.3) is 0 Å². The van der Waals surface area contributed by atoms with E-state index in [4.69, 9.17) is 0 Å². The molecule has 1 atom stereocenters. The second kappa shape index (κ2) is 6.12. The van der Waals surface area contributed by atoms with Gasteiger partial charge in [-0.05, 0) is 32.2 Å². The minimum Gasteiger partial charge on any atom is -0.481 e. The molecular weight excluding hydrogens is 256 g/mol. The summed E-state index contributed by atoms with van der Waals surface area (Å²) in [6.07, 6.45) is 5.95. The lowest BCUT2D eigenvalue weighted by atomic mass is 9.80. The van der Waals surface area contributed by atoms with Crippen molar-refractivity contribution >= 4 is 11.9 Å². The molecule has 1 unspecified atom stereocenters. The average molecular weight is 282 g/mol. The number of aliphatic carboxylic acids is 1. The van der Waals surface area contributed by atoms with Gasteiger partial charge in [0, 0.05) is 13.1 Å². The lowest BCUT2D eigenvalue weighted by molar-refractivity contribution is -0.148. The number of hydrogen-bond acceptors (Lipinski definition) is 3. The zero-order valence-corrected chi connectivity index (χ0v) is 12.3. The van der Waals surface area contributed by atoms with E-state index in [1.807, 2.05) is 0 Å². The van der Waals surface area contributed by atoms with Crippen molar-refractivity contribution in [2.75, 3.05) is 19.6 Å². The Morgan fingerprint density at radius 1 is 1.20 bits per heavy atom. The van der Waals surface area contributed by atoms with Gasteiger partial charge in [-0.15, -0.1) is 0 Å². The van der Waals surface area contributed by atoms with Gasteiger partial charge in [0.25, 0.3) is 0 Å². The third-order valence-corrected chi connectivity index (χ3v) is 5.06. The van der Waals surface area contributed by atoms with E-state index in [1.165, 1.54) is 0 Å². The fourth-order valence-corrected chi connectivity index (χ4v) is 3.70. The molecule has 0 spiro atoms. The van der Waals surface area contributed by atoms with E-state index in [9.17, 15) is 14.7 Å². The van der Waals surface area contributed by atoms with Crippen LogP contribution in [0.3, 0.4) is 0 Å². The summed E-state index contributed by atoms with van der Waals surface area (Å²) in [6, 6.07) is 0. The van der Waals surface area contributed by atoms with Crippen LogP contribution in [-0.2, 0) is 9.59 Å². The van der Waals surface area contributed by atoms with E-state index >= 15 is 0 Å². The van der Waals surface area contributed by atoms with E-state index in [0.29, 0.717) is 19.4 Å². The maximum atomic E-state index is 12.5. The number of amides is 1. The highest BCUT2D eigenvalue weighted by molar-refractivity contribution is 5.84. The topological polar surface area (TPSA) is 78.4 Å². The SMILES string of the molecule is CCCC1(C(=O)NCC2(C(=O)O)CCCC2)CCNC1. The first-order valence-corrected chi connectivity index (χ1v) is 7.77. The van der Waals surface area contributed by atoms with Crippen LogP contribution in [0.15, 0.2) is 0 Å². The number of hydrogen-bond donors (Lipinski definition) is 3. The highest BCUT2D eigenvalue weighted by Gasteiger charge is 2.44. The van der Waals surface area contributed by atoms with Crippen LogP contribution in [0.5, 0.6) is 0 Å². The molecule has 5 heteroatoms. The maximum Gasteiger partial charge on any atom is 0.311 e. The molecule has 0 bridgehead atoms. The van der Waals surface area contributed by atoms with Crippen LogP contribution in [0.2, 0.25) is 0 Å². The van der Waals surface area contributed by atoms with E-state index < -0.39 is 11.4 Å².